The number of likely N-dealkylation sites (tertiary alicyclic amines) is 1. The maximum atomic E-state index is 12.3. The van der Waals surface area contributed by atoms with E-state index in [9.17, 15) is 4.79 Å². The molecule has 1 saturated heterocycles. The Balaban J connectivity index is 1.41. The lowest BCUT2D eigenvalue weighted by Crippen LogP contribution is -2.33. The highest BCUT2D eigenvalue weighted by molar-refractivity contribution is 6.30. The minimum absolute atomic E-state index is 0.00394. The first-order valence-electron chi connectivity index (χ1n) is 9.94. The van der Waals surface area contributed by atoms with E-state index in [0.717, 1.165) is 35.9 Å². The van der Waals surface area contributed by atoms with E-state index in [4.69, 9.17) is 11.6 Å². The Morgan fingerprint density at radius 2 is 1.81 bits per heavy atom. The molecule has 27 heavy (non-hydrogen) atoms. The number of hydrogen-bond acceptors (Lipinski definition) is 2. The van der Waals surface area contributed by atoms with E-state index in [-0.39, 0.29) is 5.91 Å². The standard InChI is InChI=1S/C23H29ClN2O/c1-18-4-3-15-26(16-18)17-20-6-10-21(11-7-20)23(27)25-14-2-5-19-8-12-22(24)13-9-19/h6-13,18H,2-5,14-17H2,1H3,(H,25,27). The minimum Gasteiger partial charge on any atom is -0.352 e. The minimum atomic E-state index is 0.00394. The second kappa shape index (κ2) is 9.91. The van der Waals surface area contributed by atoms with Crippen molar-refractivity contribution in [3.8, 4) is 0 Å². The third-order valence-electron chi connectivity index (χ3n) is 5.20. The molecule has 1 N–H and O–H groups in total. The largest absolute Gasteiger partial charge is 0.352 e. The average molecular weight is 385 g/mol. The molecule has 0 aromatic heterocycles. The van der Waals surface area contributed by atoms with Crippen LogP contribution in [0.2, 0.25) is 5.02 Å². The number of carbonyl (C=O) groups is 1. The summed E-state index contributed by atoms with van der Waals surface area (Å²) < 4.78 is 0. The smallest absolute Gasteiger partial charge is 0.251 e. The molecule has 1 fully saturated rings. The van der Waals surface area contributed by atoms with Crippen LogP contribution in [0.5, 0.6) is 0 Å². The van der Waals surface area contributed by atoms with Crippen LogP contribution in [0.3, 0.4) is 0 Å². The molecule has 0 spiro atoms. The molecule has 1 amide bonds. The van der Waals surface area contributed by atoms with Crippen molar-refractivity contribution in [3.05, 3.63) is 70.2 Å². The SMILES string of the molecule is CC1CCCN(Cc2ccc(C(=O)NCCCc3ccc(Cl)cc3)cc2)C1. The van der Waals surface area contributed by atoms with Gasteiger partial charge in [-0.3, -0.25) is 9.69 Å². The molecule has 1 heterocycles. The fraction of sp³-hybridized carbons (Fsp3) is 0.435. The van der Waals surface area contributed by atoms with Crippen LogP contribution in [0.4, 0.5) is 0 Å². The molecule has 4 heteroatoms. The molecule has 1 aliphatic heterocycles. The zero-order chi connectivity index (χ0) is 19.1. The molecular formula is C23H29ClN2O. The Labute approximate surface area is 167 Å². The Kier molecular flexibility index (Phi) is 7.31. The predicted octanol–water partition coefficient (Wildman–Crippen LogP) is 4.93. The van der Waals surface area contributed by atoms with Gasteiger partial charge in [-0.2, -0.15) is 0 Å². The molecule has 1 atom stereocenters. The fourth-order valence-corrected chi connectivity index (χ4v) is 3.82. The summed E-state index contributed by atoms with van der Waals surface area (Å²) in [6.45, 7) is 6.34. The zero-order valence-corrected chi connectivity index (χ0v) is 16.8. The topological polar surface area (TPSA) is 32.3 Å². The van der Waals surface area contributed by atoms with E-state index < -0.39 is 0 Å². The van der Waals surface area contributed by atoms with E-state index in [1.807, 2.05) is 36.4 Å². The van der Waals surface area contributed by atoms with Crippen molar-refractivity contribution in [2.24, 2.45) is 5.92 Å². The van der Waals surface area contributed by atoms with Crippen LogP contribution in [-0.4, -0.2) is 30.4 Å². The van der Waals surface area contributed by atoms with Gasteiger partial charge in [0.25, 0.3) is 5.91 Å². The number of benzene rings is 2. The quantitative estimate of drug-likeness (QED) is 0.686. The second-order valence-corrected chi connectivity index (χ2v) is 8.10. The van der Waals surface area contributed by atoms with Crippen LogP contribution in [0.15, 0.2) is 48.5 Å². The monoisotopic (exact) mass is 384 g/mol. The number of piperidine rings is 1. The molecule has 1 aliphatic rings. The van der Waals surface area contributed by atoms with Gasteiger partial charge in [0, 0.05) is 30.2 Å². The molecule has 0 aliphatic carbocycles. The van der Waals surface area contributed by atoms with Crippen LogP contribution in [0, 0.1) is 5.92 Å². The summed E-state index contributed by atoms with van der Waals surface area (Å²) >= 11 is 5.89. The van der Waals surface area contributed by atoms with Gasteiger partial charge in [0.05, 0.1) is 0 Å². The van der Waals surface area contributed by atoms with Gasteiger partial charge in [-0.1, -0.05) is 42.8 Å². The summed E-state index contributed by atoms with van der Waals surface area (Å²) in [7, 11) is 0. The van der Waals surface area contributed by atoms with Gasteiger partial charge in [-0.25, -0.2) is 0 Å². The summed E-state index contributed by atoms with van der Waals surface area (Å²) in [5, 5.41) is 3.77. The van der Waals surface area contributed by atoms with Gasteiger partial charge in [-0.15, -0.1) is 0 Å². The highest BCUT2D eigenvalue weighted by Gasteiger charge is 2.16. The number of hydrogen-bond donors (Lipinski definition) is 1. The third-order valence-corrected chi connectivity index (χ3v) is 5.46. The molecule has 3 nitrogen and oxygen atoms in total. The number of nitrogens with one attached hydrogen (secondary N) is 1. The van der Waals surface area contributed by atoms with Crippen LogP contribution < -0.4 is 5.32 Å². The summed E-state index contributed by atoms with van der Waals surface area (Å²) in [6.07, 6.45) is 4.48. The number of carbonyl (C=O) groups excluding carboxylic acids is 1. The number of rotatable bonds is 7. The molecule has 2 aromatic rings. The molecule has 3 rings (SSSR count). The van der Waals surface area contributed by atoms with Crippen LogP contribution >= 0.6 is 11.6 Å². The van der Waals surface area contributed by atoms with Crippen molar-refractivity contribution in [1.82, 2.24) is 10.2 Å². The second-order valence-electron chi connectivity index (χ2n) is 7.67. The molecule has 2 aromatic carbocycles. The van der Waals surface area contributed by atoms with Crippen molar-refractivity contribution >= 4 is 17.5 Å². The zero-order valence-electron chi connectivity index (χ0n) is 16.1. The molecule has 0 saturated carbocycles. The predicted molar refractivity (Wildman–Crippen MR) is 112 cm³/mol. The third kappa shape index (κ3) is 6.37. The first-order chi connectivity index (χ1) is 13.1. The Morgan fingerprint density at radius 1 is 1.11 bits per heavy atom. The number of halogens is 1. The van der Waals surface area contributed by atoms with Gasteiger partial charge in [0.2, 0.25) is 0 Å². The summed E-state index contributed by atoms with van der Waals surface area (Å²) in [5.41, 5.74) is 3.26. The van der Waals surface area contributed by atoms with Gasteiger partial charge >= 0.3 is 0 Å². The van der Waals surface area contributed by atoms with Crippen molar-refractivity contribution < 1.29 is 4.79 Å². The van der Waals surface area contributed by atoms with Crippen LogP contribution in [0.25, 0.3) is 0 Å². The molecule has 144 valence electrons. The lowest BCUT2D eigenvalue weighted by molar-refractivity contribution is 0.0953. The fourth-order valence-electron chi connectivity index (χ4n) is 3.70. The Morgan fingerprint density at radius 3 is 2.52 bits per heavy atom. The number of nitrogens with zero attached hydrogens (tertiary/aromatic N) is 1. The lowest BCUT2D eigenvalue weighted by Gasteiger charge is -2.30. The van der Waals surface area contributed by atoms with Crippen molar-refractivity contribution in [2.45, 2.75) is 39.2 Å². The van der Waals surface area contributed by atoms with Crippen molar-refractivity contribution in [2.75, 3.05) is 19.6 Å². The van der Waals surface area contributed by atoms with E-state index in [2.05, 4.69) is 29.3 Å². The van der Waals surface area contributed by atoms with Crippen molar-refractivity contribution in [3.63, 3.8) is 0 Å². The van der Waals surface area contributed by atoms with E-state index >= 15 is 0 Å². The highest BCUT2D eigenvalue weighted by atomic mass is 35.5. The first kappa shape index (κ1) is 19.9. The number of aryl methyl sites for hydroxylation is 1. The molecule has 0 radical (unpaired) electrons. The van der Waals surface area contributed by atoms with Gasteiger partial charge in [0.1, 0.15) is 0 Å². The van der Waals surface area contributed by atoms with E-state index in [1.165, 1.54) is 37.1 Å². The van der Waals surface area contributed by atoms with Gasteiger partial charge < -0.3 is 5.32 Å². The maximum Gasteiger partial charge on any atom is 0.251 e. The normalized spacial score (nSPS) is 17.6. The lowest BCUT2D eigenvalue weighted by atomic mass is 9.99. The highest BCUT2D eigenvalue weighted by Crippen LogP contribution is 2.18. The molecular weight excluding hydrogens is 356 g/mol. The van der Waals surface area contributed by atoms with Gasteiger partial charge in [0.15, 0.2) is 0 Å². The van der Waals surface area contributed by atoms with E-state index in [0.29, 0.717) is 6.54 Å². The maximum absolute atomic E-state index is 12.3. The average Bonchev–Trinajstić information content (AvgIpc) is 2.67. The summed E-state index contributed by atoms with van der Waals surface area (Å²) in [4.78, 5) is 14.8. The van der Waals surface area contributed by atoms with Crippen LogP contribution in [0.1, 0.15) is 47.7 Å². The van der Waals surface area contributed by atoms with Crippen LogP contribution in [-0.2, 0) is 13.0 Å². The molecule has 0 bridgehead atoms. The summed E-state index contributed by atoms with van der Waals surface area (Å²) in [6, 6.07) is 15.9. The Hall–Kier alpha value is -1.84. The van der Waals surface area contributed by atoms with Crippen molar-refractivity contribution in [1.29, 1.82) is 0 Å². The van der Waals surface area contributed by atoms with E-state index in [1.54, 1.807) is 0 Å². The number of amides is 1. The van der Waals surface area contributed by atoms with Gasteiger partial charge in [-0.05, 0) is 73.5 Å². The Bertz CT molecular complexity index is 727. The summed E-state index contributed by atoms with van der Waals surface area (Å²) in [5.74, 6) is 0.793. The molecule has 1 unspecified atom stereocenters. The first-order valence-corrected chi connectivity index (χ1v) is 10.3.